The Bertz CT molecular complexity index is 672. The van der Waals surface area contributed by atoms with Crippen molar-refractivity contribution < 1.29 is 9.90 Å². The van der Waals surface area contributed by atoms with Gasteiger partial charge in [-0.2, -0.15) is 0 Å². The highest BCUT2D eigenvalue weighted by Gasteiger charge is 2.24. The van der Waals surface area contributed by atoms with Crippen LogP contribution in [0.15, 0.2) is 66.7 Å². The van der Waals surface area contributed by atoms with Crippen molar-refractivity contribution >= 4 is 11.5 Å². The molecule has 0 bridgehead atoms. The summed E-state index contributed by atoms with van der Waals surface area (Å²) in [4.78, 5) is 13.4. The molecule has 0 unspecified atom stereocenters. The first-order chi connectivity index (χ1) is 12.2. The molecule has 2 aromatic rings. The second-order valence-corrected chi connectivity index (χ2v) is 6.28. The van der Waals surface area contributed by atoms with Crippen LogP contribution in [0.4, 0.5) is 0 Å². The molecule has 1 atom stereocenters. The van der Waals surface area contributed by atoms with Gasteiger partial charge in [0.25, 0.3) is 0 Å². The first-order valence-corrected chi connectivity index (χ1v) is 8.73. The number of carboxylic acids is 1. The van der Waals surface area contributed by atoms with Crippen molar-refractivity contribution in [2.24, 2.45) is 0 Å². The summed E-state index contributed by atoms with van der Waals surface area (Å²) in [6.45, 7) is 3.05. The van der Waals surface area contributed by atoms with E-state index in [1.807, 2.05) is 12.1 Å². The maximum Gasteiger partial charge on any atom is 0.322 e. The average molecular weight is 336 g/mol. The summed E-state index contributed by atoms with van der Waals surface area (Å²) < 4.78 is 0. The smallest absolute Gasteiger partial charge is 0.322 e. The number of hydrogen-bond acceptors (Lipinski definition) is 3. The van der Waals surface area contributed by atoms with Crippen LogP contribution in [0.2, 0.25) is 0 Å². The maximum atomic E-state index is 11.2. The molecule has 0 aromatic heterocycles. The minimum absolute atomic E-state index is 0.458. The van der Waals surface area contributed by atoms with E-state index in [1.165, 1.54) is 16.7 Å². The highest BCUT2D eigenvalue weighted by molar-refractivity contribution is 5.79. The van der Waals surface area contributed by atoms with E-state index in [4.69, 9.17) is 5.11 Å². The van der Waals surface area contributed by atoms with Crippen LogP contribution in [0.1, 0.15) is 17.5 Å². The number of aliphatic carboxylic acids is 1. The van der Waals surface area contributed by atoms with Gasteiger partial charge >= 0.3 is 5.97 Å². The molecule has 0 saturated carbocycles. The van der Waals surface area contributed by atoms with Crippen LogP contribution in [0, 0.1) is 0 Å². The molecule has 0 spiro atoms. The Labute approximate surface area is 148 Å². The van der Waals surface area contributed by atoms with Crippen molar-refractivity contribution in [2.75, 3.05) is 26.2 Å². The summed E-state index contributed by atoms with van der Waals surface area (Å²) >= 11 is 0. The van der Waals surface area contributed by atoms with Crippen molar-refractivity contribution in [2.45, 2.75) is 12.5 Å². The van der Waals surface area contributed by atoms with E-state index in [-0.39, 0.29) is 0 Å². The summed E-state index contributed by atoms with van der Waals surface area (Å²) in [5.74, 6) is -0.769. The highest BCUT2D eigenvalue weighted by Crippen LogP contribution is 2.23. The molecule has 1 saturated heterocycles. The number of benzene rings is 2. The van der Waals surface area contributed by atoms with Crippen LogP contribution in [0.3, 0.4) is 0 Å². The quantitative estimate of drug-likeness (QED) is 0.852. The van der Waals surface area contributed by atoms with E-state index in [2.05, 4.69) is 64.8 Å². The summed E-state index contributed by atoms with van der Waals surface area (Å²) in [6.07, 6.45) is 3.16. The third-order valence-corrected chi connectivity index (χ3v) is 4.52. The molecule has 1 aliphatic heterocycles. The van der Waals surface area contributed by atoms with Gasteiger partial charge in [-0.1, -0.05) is 66.7 Å². The average Bonchev–Trinajstić information content (AvgIpc) is 2.67. The lowest BCUT2D eigenvalue weighted by molar-refractivity contribution is -0.140. The second-order valence-electron chi connectivity index (χ2n) is 6.28. The van der Waals surface area contributed by atoms with Crippen LogP contribution in [-0.4, -0.2) is 48.2 Å². The van der Waals surface area contributed by atoms with E-state index in [0.717, 1.165) is 26.1 Å². The Morgan fingerprint density at radius 3 is 2.24 bits per heavy atom. The lowest BCUT2D eigenvalue weighted by Crippen LogP contribution is -2.54. The summed E-state index contributed by atoms with van der Waals surface area (Å²) in [5.41, 5.74) is 3.64. The molecule has 4 heteroatoms. The van der Waals surface area contributed by atoms with Gasteiger partial charge in [0, 0.05) is 26.2 Å². The molecule has 0 amide bonds. The van der Waals surface area contributed by atoms with E-state index in [1.54, 1.807) is 0 Å². The first-order valence-electron chi connectivity index (χ1n) is 8.73. The predicted octanol–water partition coefficient (Wildman–Crippen LogP) is 2.87. The molecule has 3 rings (SSSR count). The standard InChI is InChI=1S/C21H24N2O2/c24-21(25)20-16-23(15-13-22-20)14-7-12-19(17-8-3-1-4-9-17)18-10-5-2-6-11-18/h1-6,8-12,20,22H,7,13-16H2,(H,24,25)/t20-/m1/s1. The van der Waals surface area contributed by atoms with E-state index in [9.17, 15) is 4.79 Å². The monoisotopic (exact) mass is 336 g/mol. The molecule has 1 fully saturated rings. The van der Waals surface area contributed by atoms with Crippen molar-refractivity contribution in [3.05, 3.63) is 77.9 Å². The molecule has 4 nitrogen and oxygen atoms in total. The molecule has 1 aliphatic rings. The van der Waals surface area contributed by atoms with Crippen molar-refractivity contribution in [3.63, 3.8) is 0 Å². The Hall–Kier alpha value is -2.43. The van der Waals surface area contributed by atoms with Crippen LogP contribution >= 0.6 is 0 Å². The Kier molecular flexibility index (Phi) is 5.99. The minimum Gasteiger partial charge on any atom is -0.480 e. The normalized spacial score (nSPS) is 17.8. The first kappa shape index (κ1) is 17.4. The van der Waals surface area contributed by atoms with Crippen LogP contribution in [0.5, 0.6) is 0 Å². The molecule has 0 radical (unpaired) electrons. The van der Waals surface area contributed by atoms with Crippen LogP contribution in [-0.2, 0) is 4.79 Å². The molecular formula is C21H24N2O2. The van der Waals surface area contributed by atoms with Crippen LogP contribution in [0.25, 0.3) is 5.57 Å². The van der Waals surface area contributed by atoms with Gasteiger partial charge in [-0.15, -0.1) is 0 Å². The highest BCUT2D eigenvalue weighted by atomic mass is 16.4. The Morgan fingerprint density at radius 1 is 1.08 bits per heavy atom. The fourth-order valence-electron chi connectivity index (χ4n) is 3.21. The van der Waals surface area contributed by atoms with E-state index in [0.29, 0.717) is 6.54 Å². The van der Waals surface area contributed by atoms with Gasteiger partial charge < -0.3 is 10.4 Å². The van der Waals surface area contributed by atoms with Gasteiger partial charge in [-0.05, 0) is 23.1 Å². The second kappa shape index (κ2) is 8.60. The lowest BCUT2D eigenvalue weighted by atomic mass is 9.97. The zero-order valence-corrected chi connectivity index (χ0v) is 14.3. The molecular weight excluding hydrogens is 312 g/mol. The minimum atomic E-state index is -0.769. The number of carbonyl (C=O) groups is 1. The molecule has 1 heterocycles. The molecule has 0 aliphatic carbocycles. The molecule has 130 valence electrons. The fraction of sp³-hybridized carbons (Fsp3) is 0.286. The summed E-state index contributed by atoms with van der Waals surface area (Å²) in [5, 5.41) is 12.2. The third kappa shape index (κ3) is 4.78. The zero-order valence-electron chi connectivity index (χ0n) is 14.3. The van der Waals surface area contributed by atoms with Crippen LogP contribution < -0.4 is 5.32 Å². The van der Waals surface area contributed by atoms with Crippen molar-refractivity contribution in [3.8, 4) is 0 Å². The fourth-order valence-corrected chi connectivity index (χ4v) is 3.21. The van der Waals surface area contributed by atoms with Gasteiger partial charge in [0.1, 0.15) is 6.04 Å². The maximum absolute atomic E-state index is 11.2. The number of piperazine rings is 1. The van der Waals surface area contributed by atoms with E-state index < -0.39 is 12.0 Å². The molecule has 2 N–H and O–H groups in total. The SMILES string of the molecule is O=C(O)[C@H]1CN(CCC=C(c2ccccc2)c2ccccc2)CCN1. The van der Waals surface area contributed by atoms with Gasteiger partial charge in [0.2, 0.25) is 0 Å². The van der Waals surface area contributed by atoms with Crippen molar-refractivity contribution in [1.29, 1.82) is 0 Å². The Morgan fingerprint density at radius 2 is 1.68 bits per heavy atom. The number of rotatable bonds is 6. The molecule has 2 aromatic carbocycles. The number of carboxylic acid groups (broad SMARTS) is 1. The lowest BCUT2D eigenvalue weighted by Gasteiger charge is -2.31. The Balaban J connectivity index is 1.70. The topological polar surface area (TPSA) is 52.6 Å². The number of nitrogens with zero attached hydrogens (tertiary/aromatic N) is 1. The van der Waals surface area contributed by atoms with Gasteiger partial charge in [0.05, 0.1) is 0 Å². The largest absolute Gasteiger partial charge is 0.480 e. The third-order valence-electron chi connectivity index (χ3n) is 4.52. The number of nitrogens with one attached hydrogen (secondary N) is 1. The van der Waals surface area contributed by atoms with Gasteiger partial charge in [-0.25, -0.2) is 0 Å². The van der Waals surface area contributed by atoms with E-state index >= 15 is 0 Å². The summed E-state index contributed by atoms with van der Waals surface area (Å²) in [7, 11) is 0. The summed E-state index contributed by atoms with van der Waals surface area (Å²) in [6, 6.07) is 20.3. The molecule has 25 heavy (non-hydrogen) atoms. The zero-order chi connectivity index (χ0) is 17.5. The van der Waals surface area contributed by atoms with Gasteiger partial charge in [0.15, 0.2) is 0 Å². The predicted molar refractivity (Wildman–Crippen MR) is 100 cm³/mol. The van der Waals surface area contributed by atoms with Gasteiger partial charge in [-0.3, -0.25) is 9.69 Å². The number of hydrogen-bond donors (Lipinski definition) is 2. The van der Waals surface area contributed by atoms with Crippen molar-refractivity contribution in [1.82, 2.24) is 10.2 Å².